The van der Waals surface area contributed by atoms with E-state index >= 15 is 0 Å². The summed E-state index contributed by atoms with van der Waals surface area (Å²) in [4.78, 5) is 14.2. The Morgan fingerprint density at radius 2 is 2.28 bits per heavy atom. The van der Waals surface area contributed by atoms with E-state index in [4.69, 9.17) is 5.73 Å². The van der Waals surface area contributed by atoms with Gasteiger partial charge in [0.15, 0.2) is 5.82 Å². The Kier molecular flexibility index (Phi) is 3.75. The molecule has 18 heavy (non-hydrogen) atoms. The molecule has 5 nitrogen and oxygen atoms in total. The van der Waals surface area contributed by atoms with E-state index in [9.17, 15) is 4.79 Å². The van der Waals surface area contributed by atoms with Gasteiger partial charge in [0.05, 0.1) is 0 Å². The van der Waals surface area contributed by atoms with Crippen molar-refractivity contribution in [3.8, 4) is 0 Å². The summed E-state index contributed by atoms with van der Waals surface area (Å²) in [6, 6.07) is 0.0957. The van der Waals surface area contributed by atoms with Crippen LogP contribution in [0.25, 0.3) is 0 Å². The molecule has 0 bridgehead atoms. The first kappa shape index (κ1) is 13.1. The summed E-state index contributed by atoms with van der Waals surface area (Å²) in [6.45, 7) is 4.84. The van der Waals surface area contributed by atoms with Gasteiger partial charge < -0.3 is 16.0 Å². The maximum atomic E-state index is 12.1. The molecule has 0 atom stereocenters. The lowest BCUT2D eigenvalue weighted by Gasteiger charge is -2.18. The van der Waals surface area contributed by atoms with Crippen LogP contribution in [0.4, 0.5) is 10.8 Å². The highest BCUT2D eigenvalue weighted by Crippen LogP contribution is 2.35. The molecular formula is C12H20N4OS. The largest absolute Gasteiger partial charge is 0.382 e. The molecule has 6 heteroatoms. The number of amides is 1. The van der Waals surface area contributed by atoms with E-state index < -0.39 is 0 Å². The van der Waals surface area contributed by atoms with Crippen molar-refractivity contribution in [2.75, 3.05) is 24.2 Å². The monoisotopic (exact) mass is 268 g/mol. The van der Waals surface area contributed by atoms with Crippen LogP contribution in [0.3, 0.4) is 0 Å². The van der Waals surface area contributed by atoms with E-state index in [0.29, 0.717) is 11.4 Å². The van der Waals surface area contributed by atoms with Crippen LogP contribution in [-0.2, 0) is 0 Å². The van der Waals surface area contributed by atoms with Crippen molar-refractivity contribution in [2.45, 2.75) is 32.7 Å². The normalized spacial score (nSPS) is 14.9. The molecule has 1 heterocycles. The second kappa shape index (κ2) is 5.14. The first-order valence-corrected chi connectivity index (χ1v) is 7.03. The molecule has 1 amide bonds. The Morgan fingerprint density at radius 1 is 1.61 bits per heavy atom. The number of hydrogen-bond donors (Lipinski definition) is 2. The zero-order chi connectivity index (χ0) is 13.3. The zero-order valence-electron chi connectivity index (χ0n) is 11.1. The Balaban J connectivity index is 2.17. The summed E-state index contributed by atoms with van der Waals surface area (Å²) in [7, 11) is 2.00. The number of hydrogen-bond acceptors (Lipinski definition) is 5. The van der Waals surface area contributed by atoms with Gasteiger partial charge in [-0.25, -0.2) is 0 Å². The molecule has 1 saturated carbocycles. The van der Waals surface area contributed by atoms with Gasteiger partial charge in [-0.1, -0.05) is 0 Å². The maximum absolute atomic E-state index is 12.1. The van der Waals surface area contributed by atoms with Gasteiger partial charge in [-0.2, -0.15) is 4.37 Å². The van der Waals surface area contributed by atoms with Crippen LogP contribution < -0.4 is 16.0 Å². The number of nitrogen functional groups attached to an aromatic ring is 1. The lowest BCUT2D eigenvalue weighted by Crippen LogP contribution is -2.32. The topological polar surface area (TPSA) is 71.2 Å². The zero-order valence-corrected chi connectivity index (χ0v) is 11.9. The average Bonchev–Trinajstić information content (AvgIpc) is 2.98. The second-order valence-corrected chi connectivity index (χ2v) is 5.95. The van der Waals surface area contributed by atoms with Gasteiger partial charge in [-0.05, 0) is 44.1 Å². The van der Waals surface area contributed by atoms with Gasteiger partial charge >= 0.3 is 0 Å². The number of nitrogens with two attached hydrogens (primary N) is 1. The van der Waals surface area contributed by atoms with Crippen molar-refractivity contribution in [3.63, 3.8) is 0 Å². The van der Waals surface area contributed by atoms with Gasteiger partial charge in [0.25, 0.3) is 5.91 Å². The lowest BCUT2D eigenvalue weighted by atomic mass is 10.2. The van der Waals surface area contributed by atoms with Gasteiger partial charge in [0, 0.05) is 19.6 Å². The van der Waals surface area contributed by atoms with Crippen LogP contribution in [0.15, 0.2) is 0 Å². The molecule has 100 valence electrons. The van der Waals surface area contributed by atoms with E-state index in [-0.39, 0.29) is 11.9 Å². The van der Waals surface area contributed by atoms with Crippen molar-refractivity contribution < 1.29 is 4.79 Å². The fraction of sp³-hybridized carbons (Fsp3) is 0.667. The fourth-order valence-corrected chi connectivity index (χ4v) is 2.65. The van der Waals surface area contributed by atoms with Crippen molar-refractivity contribution in [1.82, 2.24) is 9.69 Å². The van der Waals surface area contributed by atoms with Crippen molar-refractivity contribution in [3.05, 3.63) is 5.56 Å². The molecule has 0 aliphatic heterocycles. The van der Waals surface area contributed by atoms with Gasteiger partial charge in [-0.15, -0.1) is 0 Å². The Hall–Kier alpha value is -1.30. The first-order chi connectivity index (χ1) is 8.49. The quantitative estimate of drug-likeness (QED) is 0.853. The second-order valence-electron chi connectivity index (χ2n) is 5.20. The number of carbonyl (C=O) groups is 1. The number of aromatic nitrogens is 1. The minimum atomic E-state index is -0.131. The number of carbonyl (C=O) groups excluding carboxylic acids is 1. The van der Waals surface area contributed by atoms with Crippen LogP contribution in [0.1, 0.15) is 37.0 Å². The number of nitrogens with zero attached hydrogens (tertiary/aromatic N) is 2. The standard InChI is InChI=1S/C12H20N4OS/c1-7(2)14-11(17)9-10(13)15-18-12(9)16(3)6-8-4-5-8/h7-8H,4-6H2,1-3H3,(H2,13,15)(H,14,17). The highest BCUT2D eigenvalue weighted by molar-refractivity contribution is 7.11. The molecule has 0 aromatic carbocycles. The van der Waals surface area contributed by atoms with Gasteiger partial charge in [0.1, 0.15) is 10.6 Å². The highest BCUT2D eigenvalue weighted by atomic mass is 32.1. The van der Waals surface area contributed by atoms with Gasteiger partial charge in [-0.3, -0.25) is 4.79 Å². The van der Waals surface area contributed by atoms with Crippen molar-refractivity contribution in [2.24, 2.45) is 5.92 Å². The Labute approximate surface area is 112 Å². The first-order valence-electron chi connectivity index (χ1n) is 6.26. The van der Waals surface area contributed by atoms with Crippen molar-refractivity contribution in [1.29, 1.82) is 0 Å². The summed E-state index contributed by atoms with van der Waals surface area (Å²) in [5.74, 6) is 0.962. The minimum absolute atomic E-state index is 0.0957. The predicted octanol–water partition coefficient (Wildman–Crippen LogP) is 1.71. The third-order valence-corrected chi connectivity index (χ3v) is 3.90. The molecular weight excluding hydrogens is 248 g/mol. The molecule has 1 aliphatic rings. The Morgan fingerprint density at radius 3 is 2.83 bits per heavy atom. The number of nitrogens with one attached hydrogen (secondary N) is 1. The Bertz CT molecular complexity index is 439. The van der Waals surface area contributed by atoms with E-state index in [0.717, 1.165) is 17.5 Å². The molecule has 2 rings (SSSR count). The number of rotatable bonds is 5. The SMILES string of the molecule is CC(C)NC(=O)c1c(N)nsc1N(C)CC1CC1. The summed E-state index contributed by atoms with van der Waals surface area (Å²) >= 11 is 1.30. The predicted molar refractivity (Wildman–Crippen MR) is 75.1 cm³/mol. The third kappa shape index (κ3) is 2.93. The minimum Gasteiger partial charge on any atom is -0.382 e. The van der Waals surface area contributed by atoms with E-state index in [1.54, 1.807) is 0 Å². The average molecular weight is 268 g/mol. The molecule has 1 aliphatic carbocycles. The molecule has 1 fully saturated rings. The highest BCUT2D eigenvalue weighted by Gasteiger charge is 2.27. The molecule has 0 unspecified atom stereocenters. The molecule has 1 aromatic rings. The van der Waals surface area contributed by atoms with Crippen molar-refractivity contribution >= 4 is 28.3 Å². The molecule has 1 aromatic heterocycles. The molecule has 0 radical (unpaired) electrons. The summed E-state index contributed by atoms with van der Waals surface area (Å²) in [5, 5.41) is 3.74. The smallest absolute Gasteiger partial charge is 0.258 e. The third-order valence-electron chi connectivity index (χ3n) is 2.92. The van der Waals surface area contributed by atoms with Crippen LogP contribution in [-0.4, -0.2) is 29.9 Å². The number of anilines is 2. The van der Waals surface area contributed by atoms with E-state index in [2.05, 4.69) is 14.6 Å². The summed E-state index contributed by atoms with van der Waals surface area (Å²) in [6.07, 6.45) is 2.57. The van der Waals surface area contributed by atoms with Crippen LogP contribution in [0.5, 0.6) is 0 Å². The van der Waals surface area contributed by atoms with E-state index in [1.165, 1.54) is 24.4 Å². The van der Waals surface area contributed by atoms with Gasteiger partial charge in [0.2, 0.25) is 0 Å². The summed E-state index contributed by atoms with van der Waals surface area (Å²) < 4.78 is 4.11. The lowest BCUT2D eigenvalue weighted by molar-refractivity contribution is 0.0945. The molecule has 3 N–H and O–H groups in total. The van der Waals surface area contributed by atoms with Crippen LogP contribution in [0.2, 0.25) is 0 Å². The maximum Gasteiger partial charge on any atom is 0.258 e. The molecule has 0 spiro atoms. The van der Waals surface area contributed by atoms with Crippen LogP contribution in [0, 0.1) is 5.92 Å². The van der Waals surface area contributed by atoms with Crippen LogP contribution >= 0.6 is 11.5 Å². The van der Waals surface area contributed by atoms with E-state index in [1.807, 2.05) is 20.9 Å². The summed E-state index contributed by atoms with van der Waals surface area (Å²) in [5.41, 5.74) is 6.34. The fourth-order valence-electron chi connectivity index (χ4n) is 1.87. The molecule has 0 saturated heterocycles.